The van der Waals surface area contributed by atoms with E-state index in [0.717, 1.165) is 17.7 Å². The molecule has 0 saturated carbocycles. The van der Waals surface area contributed by atoms with Gasteiger partial charge in [-0.1, -0.05) is 18.2 Å². The standard InChI is InChI=1S/C18H20N2O4S2/c1-13(21)14-6-8-15(9-7-14)26(23,24)19-12-18(22)20-10-2-4-16(20)17-5-3-11-25-17/h3,5-9,11,16,19H,2,4,10,12H2,1H3/t16-/m0/s1. The number of Topliss-reactive ketones (excluding diaryl/α,β-unsaturated/α-hetero) is 1. The van der Waals surface area contributed by atoms with Gasteiger partial charge in [0.15, 0.2) is 5.78 Å². The zero-order chi connectivity index (χ0) is 18.7. The number of hydrogen-bond donors (Lipinski definition) is 1. The Bertz CT molecular complexity index is 890. The summed E-state index contributed by atoms with van der Waals surface area (Å²) in [6, 6.07) is 9.65. The molecule has 1 amide bonds. The first-order valence-corrected chi connectivity index (χ1v) is 10.7. The maximum Gasteiger partial charge on any atom is 0.241 e. The molecular weight excluding hydrogens is 372 g/mol. The third kappa shape index (κ3) is 4.03. The summed E-state index contributed by atoms with van der Waals surface area (Å²) in [5.74, 6) is -0.365. The maximum absolute atomic E-state index is 12.5. The van der Waals surface area contributed by atoms with E-state index >= 15 is 0 Å². The Morgan fingerprint density at radius 3 is 2.58 bits per heavy atom. The first-order chi connectivity index (χ1) is 12.4. The van der Waals surface area contributed by atoms with Crippen LogP contribution in [0.2, 0.25) is 0 Å². The van der Waals surface area contributed by atoms with Gasteiger partial charge >= 0.3 is 0 Å². The monoisotopic (exact) mass is 392 g/mol. The van der Waals surface area contributed by atoms with Crippen molar-refractivity contribution in [2.45, 2.75) is 30.7 Å². The number of carbonyl (C=O) groups is 2. The van der Waals surface area contributed by atoms with Gasteiger partial charge in [-0.25, -0.2) is 13.1 Å². The van der Waals surface area contributed by atoms with E-state index in [1.807, 2.05) is 17.5 Å². The lowest BCUT2D eigenvalue weighted by Gasteiger charge is -2.24. The molecule has 6 nitrogen and oxygen atoms in total. The molecule has 1 atom stereocenters. The largest absolute Gasteiger partial charge is 0.334 e. The van der Waals surface area contributed by atoms with E-state index in [1.165, 1.54) is 31.2 Å². The fourth-order valence-electron chi connectivity index (χ4n) is 3.05. The van der Waals surface area contributed by atoms with Crippen molar-refractivity contribution in [3.05, 3.63) is 52.2 Å². The molecule has 2 heterocycles. The fraction of sp³-hybridized carbons (Fsp3) is 0.333. The minimum Gasteiger partial charge on any atom is -0.334 e. The van der Waals surface area contributed by atoms with Crippen LogP contribution in [0.1, 0.15) is 41.0 Å². The average molecular weight is 393 g/mol. The number of thiophene rings is 1. The Hall–Kier alpha value is -2.03. The molecule has 1 aromatic carbocycles. The third-order valence-corrected chi connectivity index (χ3v) is 6.82. The van der Waals surface area contributed by atoms with E-state index in [-0.39, 0.29) is 29.2 Å². The quantitative estimate of drug-likeness (QED) is 0.766. The van der Waals surface area contributed by atoms with Crippen LogP contribution in [0.5, 0.6) is 0 Å². The molecule has 2 aromatic rings. The molecule has 8 heteroatoms. The number of nitrogens with one attached hydrogen (secondary N) is 1. The molecule has 26 heavy (non-hydrogen) atoms. The van der Waals surface area contributed by atoms with Crippen molar-refractivity contribution >= 4 is 33.1 Å². The summed E-state index contributed by atoms with van der Waals surface area (Å²) < 4.78 is 27.1. The average Bonchev–Trinajstić information content (AvgIpc) is 3.30. The highest BCUT2D eigenvalue weighted by molar-refractivity contribution is 7.89. The summed E-state index contributed by atoms with van der Waals surface area (Å²) >= 11 is 1.61. The van der Waals surface area contributed by atoms with Gasteiger partial charge in [-0.15, -0.1) is 11.3 Å². The second-order valence-corrected chi connectivity index (χ2v) is 8.91. The molecular formula is C18H20N2O4S2. The minimum atomic E-state index is -3.80. The van der Waals surface area contributed by atoms with E-state index in [1.54, 1.807) is 16.2 Å². The zero-order valence-electron chi connectivity index (χ0n) is 14.3. The van der Waals surface area contributed by atoms with Crippen molar-refractivity contribution in [1.82, 2.24) is 9.62 Å². The van der Waals surface area contributed by atoms with Gasteiger partial charge in [0.05, 0.1) is 17.5 Å². The molecule has 0 aliphatic carbocycles. The van der Waals surface area contributed by atoms with Gasteiger partial charge < -0.3 is 4.90 Å². The van der Waals surface area contributed by atoms with Crippen molar-refractivity contribution < 1.29 is 18.0 Å². The third-order valence-electron chi connectivity index (χ3n) is 4.43. The summed E-state index contributed by atoms with van der Waals surface area (Å²) in [6.45, 7) is 1.77. The molecule has 0 unspecified atom stereocenters. The number of likely N-dealkylation sites (tertiary alicyclic amines) is 1. The number of hydrogen-bond acceptors (Lipinski definition) is 5. The fourth-order valence-corrected chi connectivity index (χ4v) is 4.90. The van der Waals surface area contributed by atoms with E-state index in [2.05, 4.69) is 4.72 Å². The number of ketones is 1. The molecule has 1 fully saturated rings. The Labute approximate surface area is 156 Å². The lowest BCUT2D eigenvalue weighted by molar-refractivity contribution is -0.130. The van der Waals surface area contributed by atoms with Gasteiger partial charge in [-0.05, 0) is 43.3 Å². The van der Waals surface area contributed by atoms with Gasteiger partial charge in [0, 0.05) is 17.0 Å². The molecule has 1 N–H and O–H groups in total. The number of nitrogens with zero attached hydrogens (tertiary/aromatic N) is 1. The van der Waals surface area contributed by atoms with E-state index < -0.39 is 10.0 Å². The van der Waals surface area contributed by atoms with Crippen molar-refractivity contribution in [3.63, 3.8) is 0 Å². The highest BCUT2D eigenvalue weighted by atomic mass is 32.2. The first kappa shape index (κ1) is 18.8. The van der Waals surface area contributed by atoms with E-state index in [0.29, 0.717) is 12.1 Å². The highest BCUT2D eigenvalue weighted by Crippen LogP contribution is 2.34. The van der Waals surface area contributed by atoms with Crippen LogP contribution in [-0.4, -0.2) is 38.1 Å². The Kier molecular flexibility index (Phi) is 5.55. The summed E-state index contributed by atoms with van der Waals surface area (Å²) in [5.41, 5.74) is 0.441. The van der Waals surface area contributed by atoms with Crippen molar-refractivity contribution in [1.29, 1.82) is 0 Å². The molecule has 1 saturated heterocycles. The SMILES string of the molecule is CC(=O)c1ccc(S(=O)(=O)NCC(=O)N2CCC[C@H]2c2cccs2)cc1. The number of rotatable bonds is 6. The Morgan fingerprint density at radius 2 is 1.96 bits per heavy atom. The zero-order valence-corrected chi connectivity index (χ0v) is 16.0. The van der Waals surface area contributed by atoms with Crippen LogP contribution in [0, 0.1) is 0 Å². The first-order valence-electron chi connectivity index (χ1n) is 8.32. The predicted octanol–water partition coefficient (Wildman–Crippen LogP) is 2.59. The molecule has 0 spiro atoms. The lowest BCUT2D eigenvalue weighted by atomic mass is 10.2. The van der Waals surface area contributed by atoms with E-state index in [9.17, 15) is 18.0 Å². The molecule has 3 rings (SSSR count). The van der Waals surface area contributed by atoms with E-state index in [4.69, 9.17) is 0 Å². The van der Waals surface area contributed by atoms with Gasteiger partial charge in [-0.3, -0.25) is 9.59 Å². The van der Waals surface area contributed by atoms with Crippen LogP contribution in [0.15, 0.2) is 46.7 Å². The number of amides is 1. The minimum absolute atomic E-state index is 0.0295. The smallest absolute Gasteiger partial charge is 0.241 e. The highest BCUT2D eigenvalue weighted by Gasteiger charge is 2.31. The topological polar surface area (TPSA) is 83.5 Å². The van der Waals surface area contributed by atoms with Gasteiger partial charge in [0.1, 0.15) is 0 Å². The normalized spacial score (nSPS) is 17.4. The Morgan fingerprint density at radius 1 is 1.23 bits per heavy atom. The number of sulfonamides is 1. The molecule has 1 aromatic heterocycles. The Balaban J connectivity index is 1.65. The van der Waals surface area contributed by atoms with Crippen LogP contribution in [-0.2, 0) is 14.8 Å². The summed E-state index contributed by atoms with van der Waals surface area (Å²) in [5, 5.41) is 1.98. The van der Waals surface area contributed by atoms with Crippen LogP contribution >= 0.6 is 11.3 Å². The van der Waals surface area contributed by atoms with Gasteiger partial charge in [-0.2, -0.15) is 0 Å². The second kappa shape index (κ2) is 7.69. The predicted molar refractivity (Wildman–Crippen MR) is 99.6 cm³/mol. The summed E-state index contributed by atoms with van der Waals surface area (Å²) in [6.07, 6.45) is 1.80. The summed E-state index contributed by atoms with van der Waals surface area (Å²) in [7, 11) is -3.80. The molecule has 1 aliphatic rings. The summed E-state index contributed by atoms with van der Waals surface area (Å²) in [4.78, 5) is 26.7. The van der Waals surface area contributed by atoms with Crippen LogP contribution in [0.4, 0.5) is 0 Å². The van der Waals surface area contributed by atoms with Gasteiger partial charge in [0.25, 0.3) is 0 Å². The van der Waals surface area contributed by atoms with Gasteiger partial charge in [0.2, 0.25) is 15.9 Å². The lowest BCUT2D eigenvalue weighted by Crippen LogP contribution is -2.39. The second-order valence-electron chi connectivity index (χ2n) is 6.17. The molecule has 0 bridgehead atoms. The molecule has 138 valence electrons. The van der Waals surface area contributed by atoms with Crippen LogP contribution < -0.4 is 4.72 Å². The number of benzene rings is 1. The maximum atomic E-state index is 12.5. The molecule has 1 aliphatic heterocycles. The van der Waals surface area contributed by atoms with Crippen molar-refractivity contribution in [2.75, 3.05) is 13.1 Å². The van der Waals surface area contributed by atoms with Crippen molar-refractivity contribution in [2.24, 2.45) is 0 Å². The van der Waals surface area contributed by atoms with Crippen molar-refractivity contribution in [3.8, 4) is 0 Å². The van der Waals surface area contributed by atoms with Crippen LogP contribution in [0.3, 0.4) is 0 Å². The number of carbonyl (C=O) groups excluding carboxylic acids is 2. The molecule has 0 radical (unpaired) electrons. The van der Waals surface area contributed by atoms with Crippen LogP contribution in [0.25, 0.3) is 0 Å².